The summed E-state index contributed by atoms with van der Waals surface area (Å²) in [6, 6.07) is 0. The molecule has 0 aliphatic heterocycles. The van der Waals surface area contributed by atoms with Gasteiger partial charge < -0.3 is 8.85 Å². The molecule has 0 N–H and O–H groups in total. The summed E-state index contributed by atoms with van der Waals surface area (Å²) >= 11 is 0. The van der Waals surface area contributed by atoms with Crippen molar-refractivity contribution < 1.29 is 13.6 Å². The largest absolute Gasteiger partial charge is 0.406 e. The number of hydrogen-bond donors (Lipinski definition) is 0. The molecule has 0 rings (SSSR count). The number of hydrogen-bond acceptors (Lipinski definition) is 3. The molecule has 0 radical (unpaired) electrons. The van der Waals surface area contributed by atoms with Crippen molar-refractivity contribution in [1.82, 2.24) is 0 Å². The summed E-state index contributed by atoms with van der Waals surface area (Å²) in [7, 11) is -0.949. The van der Waals surface area contributed by atoms with Crippen molar-refractivity contribution in [3.05, 3.63) is 0 Å². The molecule has 0 bridgehead atoms. The fraction of sp³-hybridized carbons (Fsp3) is 0.900. The maximum atomic E-state index is 11.8. The van der Waals surface area contributed by atoms with Gasteiger partial charge in [0.25, 0.3) is 0 Å². The summed E-state index contributed by atoms with van der Waals surface area (Å²) in [5.41, 5.74) is 0. The van der Waals surface area contributed by atoms with Crippen LogP contribution in [0.25, 0.3) is 0 Å². The molecule has 0 saturated carbocycles. The van der Waals surface area contributed by atoms with Crippen LogP contribution in [0, 0.1) is 0 Å². The van der Waals surface area contributed by atoms with Gasteiger partial charge in [0.2, 0.25) is 0 Å². The third kappa shape index (κ3) is 4.35. The minimum atomic E-state index is -2.52. The van der Waals surface area contributed by atoms with Gasteiger partial charge in [-0.1, -0.05) is 20.3 Å². The Morgan fingerprint density at radius 1 is 1.29 bits per heavy atom. The highest BCUT2D eigenvalue weighted by atomic mass is 28.4. The average molecular weight is 218 g/mol. The molecule has 0 aliphatic carbocycles. The lowest BCUT2D eigenvalue weighted by atomic mass is 10.3. The molecule has 0 spiro atoms. The number of unbranched alkanes of at least 4 members (excludes halogenated alkanes) is 1. The number of rotatable bonds is 8. The van der Waals surface area contributed by atoms with Crippen LogP contribution in [-0.4, -0.2) is 27.7 Å². The Kier molecular flexibility index (Phi) is 7.05. The first kappa shape index (κ1) is 13.8. The third-order valence-corrected chi connectivity index (χ3v) is 5.03. The summed E-state index contributed by atoms with van der Waals surface area (Å²) < 4.78 is 10.8. The van der Waals surface area contributed by atoms with E-state index in [1.54, 1.807) is 7.11 Å². The van der Waals surface area contributed by atoms with Crippen LogP contribution in [0.15, 0.2) is 0 Å². The Balaban J connectivity index is 4.12. The van der Waals surface area contributed by atoms with Crippen LogP contribution in [-0.2, 0) is 13.6 Å². The molecule has 4 heteroatoms. The topological polar surface area (TPSA) is 35.5 Å². The van der Waals surface area contributed by atoms with Gasteiger partial charge in [-0.05, 0) is 19.4 Å². The van der Waals surface area contributed by atoms with Gasteiger partial charge >= 0.3 is 8.56 Å². The maximum Gasteiger partial charge on any atom is 0.406 e. The van der Waals surface area contributed by atoms with Gasteiger partial charge in [0, 0.05) is 20.1 Å². The Morgan fingerprint density at radius 3 is 2.36 bits per heavy atom. The molecule has 84 valence electrons. The van der Waals surface area contributed by atoms with Gasteiger partial charge in [0.15, 0.2) is 5.41 Å². The lowest BCUT2D eigenvalue weighted by Crippen LogP contribution is -2.47. The van der Waals surface area contributed by atoms with Crippen molar-refractivity contribution in [3.8, 4) is 0 Å². The molecule has 1 unspecified atom stereocenters. The van der Waals surface area contributed by atoms with E-state index in [9.17, 15) is 4.79 Å². The zero-order chi connectivity index (χ0) is 11.0. The Morgan fingerprint density at radius 2 is 1.93 bits per heavy atom. The third-order valence-electron chi connectivity index (χ3n) is 2.24. The van der Waals surface area contributed by atoms with Crippen LogP contribution in [0.4, 0.5) is 0 Å². The molecule has 0 aromatic heterocycles. The summed E-state index contributed by atoms with van der Waals surface area (Å²) in [5, 5.41) is 0.176. The molecule has 1 atom stereocenters. The van der Waals surface area contributed by atoms with E-state index in [1.165, 1.54) is 0 Å². The summed E-state index contributed by atoms with van der Waals surface area (Å²) in [6.07, 6.45) is 3.48. The van der Waals surface area contributed by atoms with Gasteiger partial charge in [-0.2, -0.15) is 0 Å². The van der Waals surface area contributed by atoms with Crippen molar-refractivity contribution >= 4 is 14.0 Å². The Labute approximate surface area is 88.0 Å². The second-order valence-electron chi connectivity index (χ2n) is 3.53. The van der Waals surface area contributed by atoms with Crippen LogP contribution in [0.3, 0.4) is 0 Å². The van der Waals surface area contributed by atoms with E-state index >= 15 is 0 Å². The molecule has 0 saturated heterocycles. The van der Waals surface area contributed by atoms with E-state index in [0.717, 1.165) is 19.3 Å². The highest BCUT2D eigenvalue weighted by molar-refractivity contribution is 6.96. The lowest BCUT2D eigenvalue weighted by molar-refractivity contribution is -0.115. The summed E-state index contributed by atoms with van der Waals surface area (Å²) in [5.74, 6) is 0. The van der Waals surface area contributed by atoms with Crippen molar-refractivity contribution in [2.24, 2.45) is 0 Å². The van der Waals surface area contributed by atoms with Gasteiger partial charge in [-0.3, -0.25) is 4.79 Å². The SMILES string of the molecule is CCCCC(=O)[Si](C)(OC)OCCC. The van der Waals surface area contributed by atoms with Crippen molar-refractivity contribution in [3.63, 3.8) is 0 Å². The molecule has 0 aromatic carbocycles. The number of carbonyl (C=O) groups is 1. The lowest BCUT2D eigenvalue weighted by Gasteiger charge is -2.23. The highest BCUT2D eigenvalue weighted by Crippen LogP contribution is 2.12. The molecule has 0 aromatic rings. The van der Waals surface area contributed by atoms with Gasteiger partial charge in [0.05, 0.1) is 0 Å². The Bertz CT molecular complexity index is 173. The fourth-order valence-corrected chi connectivity index (χ4v) is 2.85. The molecular weight excluding hydrogens is 196 g/mol. The van der Waals surface area contributed by atoms with Crippen LogP contribution in [0.5, 0.6) is 0 Å². The predicted octanol–water partition coefficient (Wildman–Crippen LogP) is 2.43. The summed E-state index contributed by atoms with van der Waals surface area (Å²) in [4.78, 5) is 11.8. The first-order valence-electron chi connectivity index (χ1n) is 5.33. The fourth-order valence-electron chi connectivity index (χ4n) is 1.11. The molecule has 14 heavy (non-hydrogen) atoms. The van der Waals surface area contributed by atoms with Crippen LogP contribution in [0.1, 0.15) is 39.5 Å². The van der Waals surface area contributed by atoms with E-state index in [0.29, 0.717) is 13.0 Å². The van der Waals surface area contributed by atoms with E-state index in [1.807, 2.05) is 13.5 Å². The van der Waals surface area contributed by atoms with Crippen LogP contribution < -0.4 is 0 Å². The summed E-state index contributed by atoms with van der Waals surface area (Å²) in [6.45, 7) is 6.56. The van der Waals surface area contributed by atoms with E-state index in [2.05, 4.69) is 6.92 Å². The molecule has 0 amide bonds. The van der Waals surface area contributed by atoms with E-state index < -0.39 is 8.56 Å². The normalized spacial score (nSPS) is 15.1. The average Bonchev–Trinajstić information content (AvgIpc) is 2.22. The molecule has 0 fully saturated rings. The zero-order valence-corrected chi connectivity index (χ0v) is 10.8. The second-order valence-corrected chi connectivity index (χ2v) is 6.67. The van der Waals surface area contributed by atoms with Crippen molar-refractivity contribution in [2.45, 2.75) is 46.1 Å². The molecule has 0 heterocycles. The monoisotopic (exact) mass is 218 g/mol. The maximum absolute atomic E-state index is 11.8. The van der Waals surface area contributed by atoms with Crippen LogP contribution in [0.2, 0.25) is 6.55 Å². The van der Waals surface area contributed by atoms with Crippen molar-refractivity contribution in [2.75, 3.05) is 13.7 Å². The second kappa shape index (κ2) is 7.15. The quantitative estimate of drug-likeness (QED) is 0.587. The molecule has 3 nitrogen and oxygen atoms in total. The Hall–Kier alpha value is -0.193. The first-order valence-corrected chi connectivity index (χ1v) is 7.64. The van der Waals surface area contributed by atoms with E-state index in [4.69, 9.17) is 8.85 Å². The van der Waals surface area contributed by atoms with Crippen molar-refractivity contribution in [1.29, 1.82) is 0 Å². The molecule has 0 aliphatic rings. The first-order chi connectivity index (χ1) is 6.60. The van der Waals surface area contributed by atoms with Gasteiger partial charge in [-0.15, -0.1) is 0 Å². The van der Waals surface area contributed by atoms with E-state index in [-0.39, 0.29) is 5.41 Å². The van der Waals surface area contributed by atoms with Gasteiger partial charge in [0.1, 0.15) is 0 Å². The molecular formula is C10H22O3Si. The van der Waals surface area contributed by atoms with Crippen LogP contribution >= 0.6 is 0 Å². The standard InChI is InChI=1S/C10H22O3Si/c1-5-7-8-10(11)14(4,12-3)13-9-6-2/h5-9H2,1-4H3. The smallest absolute Gasteiger partial charge is 0.393 e. The predicted molar refractivity (Wildman–Crippen MR) is 59.4 cm³/mol. The highest BCUT2D eigenvalue weighted by Gasteiger charge is 2.38. The van der Waals surface area contributed by atoms with Gasteiger partial charge in [-0.25, -0.2) is 0 Å². The minimum Gasteiger partial charge on any atom is -0.393 e. The minimum absolute atomic E-state index is 0.176. The number of carbonyl (C=O) groups excluding carboxylic acids is 1. The zero-order valence-electron chi connectivity index (χ0n) is 9.76.